The van der Waals surface area contributed by atoms with E-state index in [0.29, 0.717) is 6.20 Å². The summed E-state index contributed by atoms with van der Waals surface area (Å²) in [6.45, 7) is -0.600. The van der Waals surface area contributed by atoms with Crippen molar-refractivity contribution in [1.29, 1.82) is 0 Å². The van der Waals surface area contributed by atoms with Gasteiger partial charge in [-0.05, 0) is 12.1 Å². The first kappa shape index (κ1) is 16.7. The molecule has 0 fully saturated rings. The molecule has 0 aliphatic heterocycles. The standard InChI is InChI=1S/C11H12F6N2O/c1-20-9(11(15,16)17)6-18-5-8-3-2-7(4-19-8)10(12,13)14/h2-4,9,18H,5-6H2,1H3. The Morgan fingerprint density at radius 1 is 1.20 bits per heavy atom. The highest BCUT2D eigenvalue weighted by Gasteiger charge is 2.39. The molecular formula is C11H12F6N2O. The highest BCUT2D eigenvalue weighted by atomic mass is 19.4. The number of ether oxygens (including phenoxy) is 1. The molecule has 0 saturated carbocycles. The summed E-state index contributed by atoms with van der Waals surface area (Å²) in [5.74, 6) is 0. The normalized spacial score (nSPS) is 14.3. The summed E-state index contributed by atoms with van der Waals surface area (Å²) in [6, 6.07) is 1.92. The summed E-state index contributed by atoms with van der Waals surface area (Å²) in [5.41, 5.74) is -0.707. The fourth-order valence-corrected chi connectivity index (χ4v) is 1.36. The number of aromatic nitrogens is 1. The van der Waals surface area contributed by atoms with Crippen LogP contribution in [0.5, 0.6) is 0 Å². The average Bonchev–Trinajstić information content (AvgIpc) is 2.32. The predicted octanol–water partition coefficient (Wildman–Crippen LogP) is 2.77. The van der Waals surface area contributed by atoms with Crippen LogP contribution in [-0.4, -0.2) is 30.9 Å². The Balaban J connectivity index is 2.51. The molecule has 1 heterocycles. The van der Waals surface area contributed by atoms with E-state index in [-0.39, 0.29) is 12.2 Å². The van der Waals surface area contributed by atoms with E-state index in [4.69, 9.17) is 0 Å². The molecule has 0 spiro atoms. The molecular weight excluding hydrogens is 290 g/mol. The van der Waals surface area contributed by atoms with Crippen LogP contribution in [0.1, 0.15) is 11.3 Å². The van der Waals surface area contributed by atoms with Crippen molar-refractivity contribution in [3.63, 3.8) is 0 Å². The van der Waals surface area contributed by atoms with Crippen LogP contribution in [0.15, 0.2) is 18.3 Å². The molecule has 0 aliphatic rings. The van der Waals surface area contributed by atoms with Crippen molar-refractivity contribution in [1.82, 2.24) is 10.3 Å². The summed E-state index contributed by atoms with van der Waals surface area (Å²) in [4.78, 5) is 3.53. The third-order valence-corrected chi connectivity index (χ3v) is 2.44. The number of rotatable bonds is 5. The second kappa shape index (κ2) is 6.40. The number of hydrogen-bond donors (Lipinski definition) is 1. The molecule has 1 aromatic heterocycles. The molecule has 9 heteroatoms. The highest BCUT2D eigenvalue weighted by Crippen LogP contribution is 2.28. The lowest BCUT2D eigenvalue weighted by atomic mass is 10.2. The summed E-state index contributed by atoms with van der Waals surface area (Å²) < 4.78 is 78.0. The van der Waals surface area contributed by atoms with Gasteiger partial charge < -0.3 is 10.1 Å². The van der Waals surface area contributed by atoms with Crippen LogP contribution in [0.25, 0.3) is 0 Å². The van der Waals surface area contributed by atoms with Gasteiger partial charge in [0.25, 0.3) is 0 Å². The van der Waals surface area contributed by atoms with Crippen molar-refractivity contribution in [3.8, 4) is 0 Å². The Morgan fingerprint density at radius 2 is 1.85 bits per heavy atom. The maximum Gasteiger partial charge on any atom is 0.417 e. The van der Waals surface area contributed by atoms with Crippen LogP contribution in [0.2, 0.25) is 0 Å². The minimum absolute atomic E-state index is 0.0892. The Bertz CT molecular complexity index is 414. The number of methoxy groups -OCH3 is 1. The van der Waals surface area contributed by atoms with E-state index in [1.54, 1.807) is 0 Å². The molecule has 1 aromatic rings. The Labute approximate surface area is 110 Å². The van der Waals surface area contributed by atoms with Gasteiger partial charge in [-0.15, -0.1) is 0 Å². The zero-order valence-corrected chi connectivity index (χ0v) is 10.3. The van der Waals surface area contributed by atoms with Crippen molar-refractivity contribution in [2.75, 3.05) is 13.7 Å². The van der Waals surface area contributed by atoms with Gasteiger partial charge in [0.15, 0.2) is 6.10 Å². The zero-order valence-electron chi connectivity index (χ0n) is 10.3. The SMILES string of the molecule is COC(CNCc1ccc(C(F)(F)F)cn1)C(F)(F)F. The summed E-state index contributed by atoms with van der Waals surface area (Å²) in [5, 5.41) is 2.43. The third kappa shape index (κ3) is 4.97. The van der Waals surface area contributed by atoms with Gasteiger partial charge in [0, 0.05) is 26.4 Å². The number of hydrogen-bond acceptors (Lipinski definition) is 3. The lowest BCUT2D eigenvalue weighted by Crippen LogP contribution is -2.39. The molecule has 1 unspecified atom stereocenters. The molecule has 20 heavy (non-hydrogen) atoms. The number of alkyl halides is 6. The van der Waals surface area contributed by atoms with Crippen molar-refractivity contribution < 1.29 is 31.1 Å². The zero-order chi connectivity index (χ0) is 15.4. The molecule has 0 saturated heterocycles. The van der Waals surface area contributed by atoms with E-state index in [0.717, 1.165) is 19.2 Å². The number of nitrogens with zero attached hydrogens (tertiary/aromatic N) is 1. The molecule has 1 rings (SSSR count). The van der Waals surface area contributed by atoms with E-state index in [9.17, 15) is 26.3 Å². The van der Waals surface area contributed by atoms with Crippen LogP contribution in [0.4, 0.5) is 26.3 Å². The molecule has 1 N–H and O–H groups in total. The van der Waals surface area contributed by atoms with Crippen LogP contribution in [0, 0.1) is 0 Å². The predicted molar refractivity (Wildman–Crippen MR) is 57.8 cm³/mol. The first-order valence-electron chi connectivity index (χ1n) is 5.47. The first-order chi connectivity index (χ1) is 9.14. The minimum Gasteiger partial charge on any atom is -0.371 e. The van der Waals surface area contributed by atoms with Gasteiger partial charge in [0.1, 0.15) is 0 Å². The monoisotopic (exact) mass is 302 g/mol. The van der Waals surface area contributed by atoms with E-state index in [1.807, 2.05) is 0 Å². The summed E-state index contributed by atoms with van der Waals surface area (Å²) in [6.07, 6.45) is -10.3. The van der Waals surface area contributed by atoms with Crippen molar-refractivity contribution in [3.05, 3.63) is 29.6 Å². The molecule has 0 aliphatic carbocycles. The lowest BCUT2D eigenvalue weighted by Gasteiger charge is -2.19. The van der Waals surface area contributed by atoms with Gasteiger partial charge >= 0.3 is 12.4 Å². The minimum atomic E-state index is -4.50. The van der Waals surface area contributed by atoms with Crippen molar-refractivity contribution in [2.45, 2.75) is 25.0 Å². The average molecular weight is 302 g/mol. The second-order valence-corrected chi connectivity index (χ2v) is 3.93. The molecule has 3 nitrogen and oxygen atoms in total. The molecule has 0 radical (unpaired) electrons. The number of halogens is 6. The fraction of sp³-hybridized carbons (Fsp3) is 0.545. The van der Waals surface area contributed by atoms with Gasteiger partial charge in [-0.2, -0.15) is 26.3 Å². The summed E-state index contributed by atoms with van der Waals surface area (Å²) >= 11 is 0. The fourth-order valence-electron chi connectivity index (χ4n) is 1.36. The maximum atomic E-state index is 12.3. The van der Waals surface area contributed by atoms with E-state index >= 15 is 0 Å². The Hall–Kier alpha value is -1.35. The van der Waals surface area contributed by atoms with E-state index in [2.05, 4.69) is 15.0 Å². The summed E-state index contributed by atoms with van der Waals surface area (Å²) in [7, 11) is 0.927. The van der Waals surface area contributed by atoms with Gasteiger partial charge in [-0.25, -0.2) is 0 Å². The maximum absolute atomic E-state index is 12.3. The molecule has 1 atom stereocenters. The van der Waals surface area contributed by atoms with Gasteiger partial charge in [-0.1, -0.05) is 0 Å². The van der Waals surface area contributed by atoms with Gasteiger partial charge in [0.2, 0.25) is 0 Å². The van der Waals surface area contributed by atoms with Gasteiger partial charge in [0.05, 0.1) is 11.3 Å². The first-order valence-corrected chi connectivity index (χ1v) is 5.47. The van der Waals surface area contributed by atoms with Crippen molar-refractivity contribution >= 4 is 0 Å². The van der Waals surface area contributed by atoms with Crippen LogP contribution < -0.4 is 5.32 Å². The van der Waals surface area contributed by atoms with Crippen LogP contribution in [0.3, 0.4) is 0 Å². The Kier molecular flexibility index (Phi) is 5.35. The molecule has 0 aromatic carbocycles. The number of pyridine rings is 1. The van der Waals surface area contributed by atoms with Gasteiger partial charge in [-0.3, -0.25) is 4.98 Å². The molecule has 0 bridgehead atoms. The largest absolute Gasteiger partial charge is 0.417 e. The molecule has 114 valence electrons. The molecule has 0 amide bonds. The number of nitrogens with one attached hydrogen (secondary N) is 1. The second-order valence-electron chi connectivity index (χ2n) is 3.93. The van der Waals surface area contributed by atoms with Crippen LogP contribution in [-0.2, 0) is 17.5 Å². The Morgan fingerprint density at radius 3 is 2.25 bits per heavy atom. The smallest absolute Gasteiger partial charge is 0.371 e. The third-order valence-electron chi connectivity index (χ3n) is 2.44. The highest BCUT2D eigenvalue weighted by molar-refractivity contribution is 5.16. The topological polar surface area (TPSA) is 34.1 Å². The van der Waals surface area contributed by atoms with Crippen LogP contribution >= 0.6 is 0 Å². The van der Waals surface area contributed by atoms with E-state index in [1.165, 1.54) is 0 Å². The van der Waals surface area contributed by atoms with Crippen molar-refractivity contribution in [2.24, 2.45) is 0 Å². The van der Waals surface area contributed by atoms with E-state index < -0.39 is 30.6 Å². The lowest BCUT2D eigenvalue weighted by molar-refractivity contribution is -0.210. The quantitative estimate of drug-likeness (QED) is 0.849.